The van der Waals surface area contributed by atoms with Crippen molar-refractivity contribution in [3.63, 3.8) is 0 Å². The highest BCUT2D eigenvalue weighted by Crippen LogP contribution is 2.32. The van der Waals surface area contributed by atoms with Crippen molar-refractivity contribution in [3.05, 3.63) is 89.0 Å². The number of carbonyl (C=O) groups is 2. The molecule has 7 nitrogen and oxygen atoms in total. The summed E-state index contributed by atoms with van der Waals surface area (Å²) in [4.78, 5) is 28.1. The minimum atomic E-state index is -1.31. The van der Waals surface area contributed by atoms with E-state index in [2.05, 4.69) is 10.3 Å². The molecule has 1 heterocycles. The van der Waals surface area contributed by atoms with Crippen molar-refractivity contribution < 1.29 is 28.6 Å². The summed E-state index contributed by atoms with van der Waals surface area (Å²) in [6.45, 7) is 0.224. The third kappa shape index (κ3) is 5.11. The van der Waals surface area contributed by atoms with Crippen molar-refractivity contribution >= 4 is 11.9 Å². The molecule has 0 bridgehead atoms. The third-order valence-corrected chi connectivity index (χ3v) is 4.19. The molecular weight excluding hydrogens is 391 g/mol. The van der Waals surface area contributed by atoms with Crippen LogP contribution in [0.4, 0.5) is 4.39 Å². The Bertz CT molecular complexity index is 1040. The lowest BCUT2D eigenvalue weighted by molar-refractivity contribution is 0.0689. The number of nitrogens with zero attached hydrogens (tertiary/aromatic N) is 1. The zero-order valence-corrected chi connectivity index (χ0v) is 16.1. The molecule has 0 atom stereocenters. The van der Waals surface area contributed by atoms with Gasteiger partial charge in [-0.2, -0.15) is 0 Å². The number of rotatable bonds is 8. The first-order valence-electron chi connectivity index (χ1n) is 8.99. The van der Waals surface area contributed by atoms with Gasteiger partial charge in [-0.1, -0.05) is 42.5 Å². The van der Waals surface area contributed by atoms with Crippen LogP contribution in [-0.4, -0.2) is 29.1 Å². The molecule has 0 radical (unpaired) electrons. The Kier molecular flexibility index (Phi) is 6.59. The van der Waals surface area contributed by atoms with Crippen LogP contribution >= 0.6 is 0 Å². The molecule has 1 aromatic heterocycles. The van der Waals surface area contributed by atoms with Crippen LogP contribution < -0.4 is 14.8 Å². The van der Waals surface area contributed by atoms with E-state index in [1.54, 1.807) is 0 Å². The van der Waals surface area contributed by atoms with Gasteiger partial charge in [-0.25, -0.2) is 14.2 Å². The van der Waals surface area contributed by atoms with Crippen LogP contribution in [-0.2, 0) is 13.2 Å². The average molecular weight is 410 g/mol. The van der Waals surface area contributed by atoms with Gasteiger partial charge >= 0.3 is 5.97 Å². The smallest absolute Gasteiger partial charge is 0.354 e. The summed E-state index contributed by atoms with van der Waals surface area (Å²) >= 11 is 0. The van der Waals surface area contributed by atoms with Gasteiger partial charge in [-0.3, -0.25) is 4.79 Å². The molecular formula is C22H19FN2O5. The Balaban J connectivity index is 1.88. The van der Waals surface area contributed by atoms with E-state index in [9.17, 15) is 19.1 Å². The normalized spacial score (nSPS) is 10.3. The summed E-state index contributed by atoms with van der Waals surface area (Å²) in [6.07, 6.45) is 0. The molecule has 1 amide bonds. The molecule has 2 aromatic carbocycles. The van der Waals surface area contributed by atoms with E-state index >= 15 is 0 Å². The van der Waals surface area contributed by atoms with Crippen LogP contribution in [0.5, 0.6) is 11.5 Å². The molecule has 0 fully saturated rings. The van der Waals surface area contributed by atoms with Crippen molar-refractivity contribution in [2.45, 2.75) is 13.2 Å². The Labute approximate surface area is 172 Å². The molecule has 0 aliphatic carbocycles. The number of carboxylic acid groups (broad SMARTS) is 1. The SMILES string of the molecule is COc1cc(C(=O)O)nc(C(=O)NCc2ccc(F)cc2)c1OCc1ccccc1. The maximum absolute atomic E-state index is 13.0. The summed E-state index contributed by atoms with van der Waals surface area (Å²) in [5.41, 5.74) is 0.938. The second kappa shape index (κ2) is 9.51. The fourth-order valence-corrected chi connectivity index (χ4v) is 2.66. The number of hydrogen-bond acceptors (Lipinski definition) is 5. The summed E-state index contributed by atoms with van der Waals surface area (Å²) in [5.74, 6) is -2.24. The maximum atomic E-state index is 13.0. The number of nitrogens with one attached hydrogen (secondary N) is 1. The Morgan fingerprint density at radius 2 is 1.77 bits per heavy atom. The molecule has 30 heavy (non-hydrogen) atoms. The molecule has 0 aliphatic rings. The van der Waals surface area contributed by atoms with E-state index in [1.165, 1.54) is 37.4 Å². The van der Waals surface area contributed by atoms with Crippen molar-refractivity contribution in [1.82, 2.24) is 10.3 Å². The molecule has 3 aromatic rings. The number of aromatic nitrogens is 1. The second-order valence-electron chi connectivity index (χ2n) is 6.28. The zero-order valence-electron chi connectivity index (χ0n) is 16.1. The highest BCUT2D eigenvalue weighted by atomic mass is 19.1. The van der Waals surface area contributed by atoms with Gasteiger partial charge < -0.3 is 19.9 Å². The number of carbonyl (C=O) groups excluding carboxylic acids is 1. The minimum absolute atomic E-state index is 0.0305. The lowest BCUT2D eigenvalue weighted by Crippen LogP contribution is -2.25. The quantitative estimate of drug-likeness (QED) is 0.590. The summed E-state index contributed by atoms with van der Waals surface area (Å²) in [5, 5.41) is 12.0. The Hall–Kier alpha value is -3.94. The molecule has 0 saturated heterocycles. The van der Waals surface area contributed by atoms with Crippen LogP contribution in [0, 0.1) is 5.82 Å². The van der Waals surface area contributed by atoms with Gasteiger partial charge in [0.05, 0.1) is 7.11 Å². The zero-order chi connectivity index (χ0) is 21.5. The largest absolute Gasteiger partial charge is 0.493 e. The molecule has 2 N–H and O–H groups in total. The lowest BCUT2D eigenvalue weighted by atomic mass is 10.2. The van der Waals surface area contributed by atoms with Gasteiger partial charge in [0.25, 0.3) is 5.91 Å². The number of benzene rings is 2. The van der Waals surface area contributed by atoms with Crippen molar-refractivity contribution in [2.75, 3.05) is 7.11 Å². The molecule has 0 spiro atoms. The van der Waals surface area contributed by atoms with Crippen LogP contribution in [0.2, 0.25) is 0 Å². The summed E-state index contributed by atoms with van der Waals surface area (Å²) in [7, 11) is 1.34. The number of ether oxygens (including phenoxy) is 2. The van der Waals surface area contributed by atoms with E-state index in [-0.39, 0.29) is 41.9 Å². The van der Waals surface area contributed by atoms with Crippen LogP contribution in [0.1, 0.15) is 32.1 Å². The molecule has 0 aliphatic heterocycles. The monoisotopic (exact) mass is 410 g/mol. The summed E-state index contributed by atoms with van der Waals surface area (Å²) < 4.78 is 24.1. The van der Waals surface area contributed by atoms with Crippen molar-refractivity contribution in [3.8, 4) is 11.5 Å². The molecule has 0 unspecified atom stereocenters. The first-order chi connectivity index (χ1) is 14.5. The van der Waals surface area contributed by atoms with E-state index in [1.807, 2.05) is 30.3 Å². The first kappa shape index (κ1) is 20.8. The number of amides is 1. The topological polar surface area (TPSA) is 97.8 Å². The highest BCUT2D eigenvalue weighted by molar-refractivity contribution is 5.97. The number of carboxylic acids is 1. The number of hydrogen-bond donors (Lipinski definition) is 2. The molecule has 154 valence electrons. The second-order valence-corrected chi connectivity index (χ2v) is 6.28. The van der Waals surface area contributed by atoms with Crippen molar-refractivity contribution in [1.29, 1.82) is 0 Å². The number of methoxy groups -OCH3 is 1. The molecule has 8 heteroatoms. The van der Waals surface area contributed by atoms with Gasteiger partial charge in [0.15, 0.2) is 22.9 Å². The van der Waals surface area contributed by atoms with E-state index in [4.69, 9.17) is 9.47 Å². The number of pyridine rings is 1. The van der Waals surface area contributed by atoms with E-state index in [0.29, 0.717) is 5.56 Å². The fraction of sp³-hybridized carbons (Fsp3) is 0.136. The van der Waals surface area contributed by atoms with Crippen LogP contribution in [0.25, 0.3) is 0 Å². The predicted octanol–water partition coefficient (Wildman–Crippen LogP) is 3.44. The van der Waals surface area contributed by atoms with Gasteiger partial charge in [0, 0.05) is 12.6 Å². The van der Waals surface area contributed by atoms with Crippen LogP contribution in [0.3, 0.4) is 0 Å². The van der Waals surface area contributed by atoms with Crippen molar-refractivity contribution in [2.24, 2.45) is 0 Å². The third-order valence-electron chi connectivity index (χ3n) is 4.19. The summed E-state index contributed by atoms with van der Waals surface area (Å²) in [6, 6.07) is 16.1. The van der Waals surface area contributed by atoms with Gasteiger partial charge in [0.2, 0.25) is 0 Å². The Morgan fingerprint density at radius 1 is 1.07 bits per heavy atom. The van der Waals surface area contributed by atoms with Gasteiger partial charge in [0.1, 0.15) is 12.4 Å². The first-order valence-corrected chi connectivity index (χ1v) is 8.99. The van der Waals surface area contributed by atoms with Gasteiger partial charge in [-0.05, 0) is 23.3 Å². The van der Waals surface area contributed by atoms with E-state index in [0.717, 1.165) is 5.56 Å². The highest BCUT2D eigenvalue weighted by Gasteiger charge is 2.23. The predicted molar refractivity (Wildman–Crippen MR) is 106 cm³/mol. The lowest BCUT2D eigenvalue weighted by Gasteiger charge is -2.15. The van der Waals surface area contributed by atoms with Gasteiger partial charge in [-0.15, -0.1) is 0 Å². The van der Waals surface area contributed by atoms with E-state index < -0.39 is 11.9 Å². The van der Waals surface area contributed by atoms with Crippen LogP contribution in [0.15, 0.2) is 60.7 Å². The fourth-order valence-electron chi connectivity index (χ4n) is 2.66. The average Bonchev–Trinajstić information content (AvgIpc) is 2.77. The maximum Gasteiger partial charge on any atom is 0.354 e. The molecule has 0 saturated carbocycles. The number of aromatic carboxylic acids is 1. The number of halogens is 1. The molecule has 3 rings (SSSR count). The standard InChI is InChI=1S/C22H19FN2O5/c1-29-18-11-17(22(27)28)25-19(20(18)30-13-15-5-3-2-4-6-15)21(26)24-12-14-7-9-16(23)10-8-14/h2-11H,12-13H2,1H3,(H,24,26)(H,27,28). The minimum Gasteiger partial charge on any atom is -0.493 e. The Morgan fingerprint density at radius 3 is 2.40 bits per heavy atom.